The molecule has 6 rings (SSSR count). The van der Waals surface area contributed by atoms with Crippen molar-refractivity contribution in [3.63, 3.8) is 0 Å². The fourth-order valence-electron chi connectivity index (χ4n) is 5.12. The van der Waals surface area contributed by atoms with Crippen LogP contribution in [0.15, 0.2) is 107 Å². The number of fused-ring (bicyclic) bond motifs is 1. The average Bonchev–Trinajstić information content (AvgIpc) is 3.53. The van der Waals surface area contributed by atoms with Crippen molar-refractivity contribution in [1.29, 1.82) is 0 Å². The second-order valence-corrected chi connectivity index (χ2v) is 12.3. The summed E-state index contributed by atoms with van der Waals surface area (Å²) in [5.74, 6) is 1.98. The molecule has 1 saturated heterocycles. The van der Waals surface area contributed by atoms with Crippen LogP contribution < -0.4 is 5.32 Å². The lowest BCUT2D eigenvalue weighted by Gasteiger charge is -2.49. The van der Waals surface area contributed by atoms with Crippen molar-refractivity contribution in [3.05, 3.63) is 119 Å². The van der Waals surface area contributed by atoms with Crippen molar-refractivity contribution >= 4 is 41.3 Å². The standard InChI is InChI=1S/C33H28N6O4S2/c1-2-18-38-36-33(35-37-38)45-21-25-20-44-31-27(34-26(40)19-22-12-6-3-7-13-22)30(41)39(31)28(25)32(42)43-29(23-14-8-4-9-15-23)24-16-10-5-11-17-24/h1,3-17,27,29,31H,18-21H2,(H,34,40)/t27?,31-/m0/s1. The molecule has 3 aromatic carbocycles. The summed E-state index contributed by atoms with van der Waals surface area (Å²) in [7, 11) is 0. The van der Waals surface area contributed by atoms with Gasteiger partial charge in [-0.2, -0.15) is 4.80 Å². The number of hydrogen-bond acceptors (Lipinski definition) is 9. The Morgan fingerprint density at radius 2 is 1.67 bits per heavy atom. The summed E-state index contributed by atoms with van der Waals surface area (Å²) in [5.41, 5.74) is 3.31. The van der Waals surface area contributed by atoms with E-state index in [1.54, 1.807) is 0 Å². The van der Waals surface area contributed by atoms with E-state index in [9.17, 15) is 14.4 Å². The summed E-state index contributed by atoms with van der Waals surface area (Å²) in [6.45, 7) is 0.186. The molecule has 0 saturated carbocycles. The molecule has 12 heteroatoms. The molecule has 1 fully saturated rings. The predicted octanol–water partition coefficient (Wildman–Crippen LogP) is 3.63. The van der Waals surface area contributed by atoms with Gasteiger partial charge in [0.2, 0.25) is 11.1 Å². The van der Waals surface area contributed by atoms with Crippen molar-refractivity contribution in [2.45, 2.75) is 35.6 Å². The minimum Gasteiger partial charge on any atom is -0.448 e. The van der Waals surface area contributed by atoms with Crippen LogP contribution in [0.3, 0.4) is 0 Å². The molecule has 2 aliphatic rings. The van der Waals surface area contributed by atoms with E-state index in [4.69, 9.17) is 11.2 Å². The molecule has 10 nitrogen and oxygen atoms in total. The third-order valence-corrected chi connectivity index (χ3v) is 9.49. The number of esters is 1. The van der Waals surface area contributed by atoms with Crippen LogP contribution in [0.2, 0.25) is 0 Å². The number of amides is 2. The number of β-lactam (4-membered cyclic amide) rings is 1. The number of thioether (sulfide) groups is 2. The maximum atomic E-state index is 14.1. The first kappa shape index (κ1) is 30.2. The minimum atomic E-state index is -0.757. The molecule has 0 bridgehead atoms. The van der Waals surface area contributed by atoms with Crippen LogP contribution in [0, 0.1) is 12.3 Å². The highest BCUT2D eigenvalue weighted by Crippen LogP contribution is 2.42. The molecule has 0 spiro atoms. The molecule has 1 aromatic heterocycles. The average molecular weight is 637 g/mol. The molecule has 0 aliphatic carbocycles. The molecule has 4 aromatic rings. The third-order valence-electron chi connectivity index (χ3n) is 7.24. The van der Waals surface area contributed by atoms with Crippen LogP contribution in [-0.2, 0) is 32.1 Å². The lowest BCUT2D eigenvalue weighted by atomic mass is 10.0. The number of benzene rings is 3. The normalized spacial score (nSPS) is 17.3. The number of carbonyl (C=O) groups excluding carboxylic acids is 3. The van der Waals surface area contributed by atoms with Crippen LogP contribution in [0.4, 0.5) is 0 Å². The largest absolute Gasteiger partial charge is 0.448 e. The van der Waals surface area contributed by atoms with E-state index in [1.807, 2.05) is 91.0 Å². The van der Waals surface area contributed by atoms with E-state index in [-0.39, 0.29) is 30.5 Å². The zero-order chi connectivity index (χ0) is 31.2. The second-order valence-electron chi connectivity index (χ2n) is 10.3. The Bertz CT molecular complexity index is 1720. The molecule has 0 radical (unpaired) electrons. The molecule has 45 heavy (non-hydrogen) atoms. The van der Waals surface area contributed by atoms with E-state index in [1.165, 1.54) is 33.2 Å². The van der Waals surface area contributed by atoms with Gasteiger partial charge in [-0.1, -0.05) is 109 Å². The Balaban J connectivity index is 1.26. The van der Waals surface area contributed by atoms with Gasteiger partial charge in [-0.3, -0.25) is 14.5 Å². The highest BCUT2D eigenvalue weighted by molar-refractivity contribution is 8.01. The van der Waals surface area contributed by atoms with Gasteiger partial charge in [0.15, 0.2) is 6.10 Å². The molecule has 226 valence electrons. The summed E-state index contributed by atoms with van der Waals surface area (Å²) in [5, 5.41) is 15.1. The first-order chi connectivity index (χ1) is 22.0. The number of aromatic nitrogens is 4. The van der Waals surface area contributed by atoms with E-state index < -0.39 is 23.5 Å². The van der Waals surface area contributed by atoms with E-state index in [2.05, 4.69) is 26.6 Å². The van der Waals surface area contributed by atoms with E-state index in [0.29, 0.717) is 22.2 Å². The maximum Gasteiger partial charge on any atom is 0.356 e. The van der Waals surface area contributed by atoms with Crippen LogP contribution in [0.1, 0.15) is 22.8 Å². The van der Waals surface area contributed by atoms with Gasteiger partial charge in [0.1, 0.15) is 23.7 Å². The number of rotatable bonds is 11. The first-order valence-corrected chi connectivity index (χ1v) is 16.2. The summed E-state index contributed by atoms with van der Waals surface area (Å²) >= 11 is 2.77. The zero-order valence-corrected chi connectivity index (χ0v) is 25.6. The Kier molecular flexibility index (Phi) is 9.28. The number of nitrogens with one attached hydrogen (secondary N) is 1. The van der Waals surface area contributed by atoms with Crippen molar-refractivity contribution in [1.82, 2.24) is 30.4 Å². The van der Waals surface area contributed by atoms with Gasteiger partial charge in [-0.25, -0.2) is 4.79 Å². The van der Waals surface area contributed by atoms with Crippen molar-refractivity contribution in [3.8, 4) is 12.3 Å². The van der Waals surface area contributed by atoms with Gasteiger partial charge in [-0.15, -0.1) is 28.4 Å². The van der Waals surface area contributed by atoms with Gasteiger partial charge in [0, 0.05) is 11.5 Å². The van der Waals surface area contributed by atoms with E-state index in [0.717, 1.165) is 16.7 Å². The highest BCUT2D eigenvalue weighted by Gasteiger charge is 2.54. The maximum absolute atomic E-state index is 14.1. The van der Waals surface area contributed by atoms with Gasteiger partial charge in [0.25, 0.3) is 5.91 Å². The zero-order valence-electron chi connectivity index (χ0n) is 24.0. The molecule has 1 N–H and O–H groups in total. The minimum absolute atomic E-state index is 0.151. The monoisotopic (exact) mass is 636 g/mol. The SMILES string of the molecule is C#CCn1nnc(SCC2=C(C(=O)OC(c3ccccc3)c3ccccc3)N3C(=O)C(NC(=O)Cc4ccccc4)[C@@H]3SC2)n1. The molecule has 2 atom stereocenters. The topological polar surface area (TPSA) is 119 Å². The van der Waals surface area contributed by atoms with Gasteiger partial charge in [-0.05, 0) is 27.5 Å². The summed E-state index contributed by atoms with van der Waals surface area (Å²) in [6, 6.07) is 27.5. The van der Waals surface area contributed by atoms with E-state index >= 15 is 0 Å². The Morgan fingerprint density at radius 3 is 2.31 bits per heavy atom. The number of hydrogen-bond donors (Lipinski definition) is 1. The Morgan fingerprint density at radius 1 is 1.02 bits per heavy atom. The van der Waals surface area contributed by atoms with Crippen molar-refractivity contribution in [2.75, 3.05) is 11.5 Å². The summed E-state index contributed by atoms with van der Waals surface area (Å²) in [6.07, 6.45) is 4.81. The number of ether oxygens (including phenoxy) is 1. The molecule has 2 amide bonds. The quantitative estimate of drug-likeness (QED) is 0.114. The number of carbonyl (C=O) groups is 3. The number of nitrogens with zero attached hydrogens (tertiary/aromatic N) is 5. The number of tetrazole rings is 1. The van der Waals surface area contributed by atoms with Crippen LogP contribution in [0.5, 0.6) is 0 Å². The van der Waals surface area contributed by atoms with Crippen LogP contribution in [0.25, 0.3) is 0 Å². The van der Waals surface area contributed by atoms with Crippen molar-refractivity contribution in [2.24, 2.45) is 0 Å². The summed E-state index contributed by atoms with van der Waals surface area (Å²) in [4.78, 5) is 43.3. The van der Waals surface area contributed by atoms with Gasteiger partial charge < -0.3 is 10.1 Å². The Labute approximate surface area is 268 Å². The van der Waals surface area contributed by atoms with Crippen LogP contribution in [-0.4, -0.2) is 65.8 Å². The smallest absolute Gasteiger partial charge is 0.356 e. The lowest BCUT2D eigenvalue weighted by molar-refractivity contribution is -0.154. The first-order valence-electron chi connectivity index (χ1n) is 14.2. The van der Waals surface area contributed by atoms with Gasteiger partial charge in [0.05, 0.1) is 6.42 Å². The molecule has 1 unspecified atom stereocenters. The van der Waals surface area contributed by atoms with Crippen LogP contribution >= 0.6 is 23.5 Å². The van der Waals surface area contributed by atoms with Gasteiger partial charge >= 0.3 is 5.97 Å². The Hall–Kier alpha value is -4.86. The highest BCUT2D eigenvalue weighted by atomic mass is 32.2. The predicted molar refractivity (Wildman–Crippen MR) is 170 cm³/mol. The summed E-state index contributed by atoms with van der Waals surface area (Å²) < 4.78 is 6.21. The molecular weight excluding hydrogens is 609 g/mol. The third kappa shape index (κ3) is 6.79. The molecular formula is C33H28N6O4S2. The second kappa shape index (κ2) is 13.8. The molecule has 3 heterocycles. The fraction of sp³-hybridized carbons (Fsp3) is 0.212. The molecule has 2 aliphatic heterocycles. The number of terminal acetylenes is 1. The van der Waals surface area contributed by atoms with Crippen molar-refractivity contribution < 1.29 is 19.1 Å². The lowest BCUT2D eigenvalue weighted by Crippen LogP contribution is -2.70. The fourth-order valence-corrected chi connectivity index (χ4v) is 7.39.